The molecular weight excluding hydrogens is 271 g/mol. The molecule has 0 bridgehead atoms. The number of morpholine rings is 1. The molecule has 5 nitrogen and oxygen atoms in total. The Bertz CT molecular complexity index is 624. The fourth-order valence-electron chi connectivity index (χ4n) is 1.89. The number of nitriles is 1. The van der Waals surface area contributed by atoms with Gasteiger partial charge in [-0.25, -0.2) is 12.8 Å². The van der Waals surface area contributed by atoms with Crippen molar-refractivity contribution >= 4 is 10.0 Å². The summed E-state index contributed by atoms with van der Waals surface area (Å²) in [5.41, 5.74) is 0.253. The molecule has 1 aliphatic heterocycles. The Morgan fingerprint density at radius 3 is 2.89 bits per heavy atom. The van der Waals surface area contributed by atoms with Crippen LogP contribution in [-0.4, -0.2) is 38.5 Å². The summed E-state index contributed by atoms with van der Waals surface area (Å²) in [6.45, 7) is 1.92. The van der Waals surface area contributed by atoms with Crippen LogP contribution in [0, 0.1) is 24.1 Å². The third-order valence-electron chi connectivity index (χ3n) is 2.96. The highest BCUT2D eigenvalue weighted by Crippen LogP contribution is 2.22. The first kappa shape index (κ1) is 13.9. The van der Waals surface area contributed by atoms with E-state index in [4.69, 9.17) is 10.00 Å². The standard InChI is InChI=1S/C12H13FN2O3S/c1-9-6-11(2-3-12(9)13)19(16,17)15-4-5-18-8-10(15)7-14/h2-3,6,10H,4-5,8H2,1H3/t10-/m1/s1. The molecule has 19 heavy (non-hydrogen) atoms. The molecule has 1 heterocycles. The SMILES string of the molecule is Cc1cc(S(=O)(=O)N2CCOC[C@H]2C#N)ccc1F. The zero-order valence-electron chi connectivity index (χ0n) is 10.3. The summed E-state index contributed by atoms with van der Waals surface area (Å²) >= 11 is 0. The van der Waals surface area contributed by atoms with Gasteiger partial charge in [-0.15, -0.1) is 0 Å². The maximum atomic E-state index is 13.2. The van der Waals surface area contributed by atoms with Gasteiger partial charge < -0.3 is 4.74 Å². The van der Waals surface area contributed by atoms with Crippen LogP contribution in [0.4, 0.5) is 4.39 Å². The van der Waals surface area contributed by atoms with E-state index in [0.29, 0.717) is 0 Å². The van der Waals surface area contributed by atoms with E-state index < -0.39 is 21.9 Å². The molecule has 0 aliphatic carbocycles. The van der Waals surface area contributed by atoms with Crippen LogP contribution < -0.4 is 0 Å². The van der Waals surface area contributed by atoms with Crippen molar-refractivity contribution < 1.29 is 17.5 Å². The average Bonchev–Trinajstić information content (AvgIpc) is 2.41. The number of rotatable bonds is 2. The summed E-state index contributed by atoms with van der Waals surface area (Å²) in [7, 11) is -3.80. The van der Waals surface area contributed by atoms with E-state index >= 15 is 0 Å². The van der Waals surface area contributed by atoms with Crippen LogP contribution in [0.3, 0.4) is 0 Å². The Hall–Kier alpha value is -1.49. The molecule has 0 saturated carbocycles. The van der Waals surface area contributed by atoms with Crippen LogP contribution in [0.15, 0.2) is 23.1 Å². The van der Waals surface area contributed by atoms with E-state index in [1.54, 1.807) is 0 Å². The van der Waals surface area contributed by atoms with Crippen LogP contribution in [-0.2, 0) is 14.8 Å². The van der Waals surface area contributed by atoms with Gasteiger partial charge in [-0.3, -0.25) is 0 Å². The third kappa shape index (κ3) is 2.61. The molecule has 1 aromatic carbocycles. The Morgan fingerprint density at radius 1 is 1.53 bits per heavy atom. The number of nitrogens with zero attached hydrogens (tertiary/aromatic N) is 2. The second-order valence-corrected chi connectivity index (χ2v) is 6.14. The normalized spacial score (nSPS) is 21.0. The lowest BCUT2D eigenvalue weighted by Crippen LogP contribution is -2.47. The highest BCUT2D eigenvalue weighted by Gasteiger charge is 2.34. The van der Waals surface area contributed by atoms with E-state index in [0.717, 1.165) is 10.4 Å². The lowest BCUT2D eigenvalue weighted by Gasteiger charge is -2.30. The van der Waals surface area contributed by atoms with Crippen LogP contribution in [0.25, 0.3) is 0 Å². The van der Waals surface area contributed by atoms with Gasteiger partial charge >= 0.3 is 0 Å². The molecule has 1 fully saturated rings. The number of ether oxygens (including phenoxy) is 1. The minimum atomic E-state index is -3.80. The molecule has 1 aliphatic rings. The van der Waals surface area contributed by atoms with Crippen molar-refractivity contribution in [1.29, 1.82) is 5.26 Å². The fraction of sp³-hybridized carbons (Fsp3) is 0.417. The predicted molar refractivity (Wildman–Crippen MR) is 65.2 cm³/mol. The lowest BCUT2D eigenvalue weighted by atomic mass is 10.2. The zero-order valence-corrected chi connectivity index (χ0v) is 11.2. The van der Waals surface area contributed by atoms with Gasteiger partial charge in [-0.1, -0.05) is 0 Å². The van der Waals surface area contributed by atoms with Gasteiger partial charge in [0.05, 0.1) is 24.2 Å². The minimum Gasteiger partial charge on any atom is -0.377 e. The average molecular weight is 284 g/mol. The summed E-state index contributed by atoms with van der Waals surface area (Å²) in [6, 6.07) is 4.66. The van der Waals surface area contributed by atoms with Crippen LogP contribution >= 0.6 is 0 Å². The van der Waals surface area contributed by atoms with Gasteiger partial charge in [-0.2, -0.15) is 9.57 Å². The van der Waals surface area contributed by atoms with Crippen LogP contribution in [0.1, 0.15) is 5.56 Å². The third-order valence-corrected chi connectivity index (χ3v) is 4.87. The predicted octanol–water partition coefficient (Wildman–Crippen LogP) is 1.05. The monoisotopic (exact) mass is 284 g/mol. The van der Waals surface area contributed by atoms with E-state index in [2.05, 4.69) is 0 Å². The van der Waals surface area contributed by atoms with Crippen molar-refractivity contribution in [3.05, 3.63) is 29.6 Å². The molecule has 0 unspecified atom stereocenters. The number of halogens is 1. The smallest absolute Gasteiger partial charge is 0.244 e. The summed E-state index contributed by atoms with van der Waals surface area (Å²) in [6.07, 6.45) is 0. The molecule has 1 saturated heterocycles. The number of sulfonamides is 1. The van der Waals surface area contributed by atoms with Crippen molar-refractivity contribution in [2.24, 2.45) is 0 Å². The second-order valence-electron chi connectivity index (χ2n) is 4.25. The van der Waals surface area contributed by atoms with Gasteiger partial charge in [-0.05, 0) is 30.7 Å². The van der Waals surface area contributed by atoms with Crippen molar-refractivity contribution in [2.45, 2.75) is 17.9 Å². The molecule has 0 N–H and O–H groups in total. The van der Waals surface area contributed by atoms with Gasteiger partial charge in [0.15, 0.2) is 0 Å². The number of hydrogen-bond donors (Lipinski definition) is 0. The van der Waals surface area contributed by atoms with Crippen LogP contribution in [0.5, 0.6) is 0 Å². The maximum Gasteiger partial charge on any atom is 0.244 e. The molecule has 7 heteroatoms. The van der Waals surface area contributed by atoms with Gasteiger partial charge in [0.2, 0.25) is 10.0 Å². The fourth-order valence-corrected chi connectivity index (χ4v) is 3.49. The van der Waals surface area contributed by atoms with Gasteiger partial charge in [0, 0.05) is 6.54 Å². The lowest BCUT2D eigenvalue weighted by molar-refractivity contribution is 0.0511. The molecule has 0 radical (unpaired) electrons. The quantitative estimate of drug-likeness (QED) is 0.814. The first-order chi connectivity index (χ1) is 8.96. The first-order valence-electron chi connectivity index (χ1n) is 5.72. The molecule has 1 aromatic rings. The Labute approximate surface area is 111 Å². The zero-order chi connectivity index (χ0) is 14.0. The topological polar surface area (TPSA) is 70.4 Å². The number of hydrogen-bond acceptors (Lipinski definition) is 4. The molecule has 1 atom stereocenters. The van der Waals surface area contributed by atoms with E-state index in [9.17, 15) is 12.8 Å². The molecular formula is C12H13FN2O3S. The largest absolute Gasteiger partial charge is 0.377 e. The Balaban J connectivity index is 2.41. The van der Waals surface area contributed by atoms with Crippen molar-refractivity contribution in [1.82, 2.24) is 4.31 Å². The van der Waals surface area contributed by atoms with E-state index in [-0.39, 0.29) is 30.2 Å². The summed E-state index contributed by atoms with van der Waals surface area (Å²) in [5.74, 6) is -0.460. The van der Waals surface area contributed by atoms with Crippen molar-refractivity contribution in [3.63, 3.8) is 0 Å². The Kier molecular flexibility index (Phi) is 3.85. The maximum absolute atomic E-state index is 13.2. The van der Waals surface area contributed by atoms with Gasteiger partial charge in [0.1, 0.15) is 11.9 Å². The first-order valence-corrected chi connectivity index (χ1v) is 7.16. The highest BCUT2D eigenvalue weighted by molar-refractivity contribution is 7.89. The van der Waals surface area contributed by atoms with Crippen molar-refractivity contribution in [3.8, 4) is 6.07 Å². The summed E-state index contributed by atoms with van der Waals surface area (Å²) in [4.78, 5) is -0.00597. The summed E-state index contributed by atoms with van der Waals surface area (Å²) in [5, 5.41) is 8.97. The van der Waals surface area contributed by atoms with Crippen molar-refractivity contribution in [2.75, 3.05) is 19.8 Å². The molecule has 0 spiro atoms. The molecule has 102 valence electrons. The summed E-state index contributed by atoms with van der Waals surface area (Å²) < 4.78 is 44.2. The highest BCUT2D eigenvalue weighted by atomic mass is 32.2. The number of benzene rings is 1. The molecule has 2 rings (SSSR count). The van der Waals surface area contributed by atoms with Crippen LogP contribution in [0.2, 0.25) is 0 Å². The Morgan fingerprint density at radius 2 is 2.26 bits per heavy atom. The number of aryl methyl sites for hydroxylation is 1. The molecule has 0 amide bonds. The van der Waals surface area contributed by atoms with E-state index in [1.165, 1.54) is 19.1 Å². The second kappa shape index (κ2) is 5.25. The van der Waals surface area contributed by atoms with E-state index in [1.807, 2.05) is 6.07 Å². The minimum absolute atomic E-state index is 0.00597. The van der Waals surface area contributed by atoms with Gasteiger partial charge in [0.25, 0.3) is 0 Å². The molecule has 0 aromatic heterocycles.